The topological polar surface area (TPSA) is 71.7 Å². The molecular formula is C20H22N4O2. The molecule has 0 spiro atoms. The highest BCUT2D eigenvalue weighted by atomic mass is 16.5. The molecule has 1 saturated carbocycles. The van der Waals surface area contributed by atoms with Crippen LogP contribution in [0.2, 0.25) is 0 Å². The molecule has 4 rings (SSSR count). The molecule has 0 amide bonds. The van der Waals surface area contributed by atoms with Crippen molar-refractivity contribution in [1.82, 2.24) is 15.8 Å². The van der Waals surface area contributed by atoms with Crippen molar-refractivity contribution in [3.05, 3.63) is 48.2 Å². The lowest BCUT2D eigenvalue weighted by molar-refractivity contribution is 0.381. The van der Waals surface area contributed by atoms with E-state index in [1.165, 1.54) is 12.8 Å². The molecule has 1 heterocycles. The van der Waals surface area contributed by atoms with Gasteiger partial charge in [-0.3, -0.25) is 4.99 Å². The van der Waals surface area contributed by atoms with Crippen molar-refractivity contribution >= 4 is 16.7 Å². The number of ether oxygens (including phenoxy) is 1. The predicted molar refractivity (Wildman–Crippen MR) is 102 cm³/mol. The summed E-state index contributed by atoms with van der Waals surface area (Å²) >= 11 is 0. The average molecular weight is 350 g/mol. The number of aromatic nitrogens is 1. The van der Waals surface area contributed by atoms with Crippen molar-refractivity contribution in [3.8, 4) is 17.0 Å². The van der Waals surface area contributed by atoms with Crippen LogP contribution in [0.5, 0.6) is 5.75 Å². The van der Waals surface area contributed by atoms with Gasteiger partial charge in [-0.25, -0.2) is 0 Å². The number of hydrogen-bond acceptors (Lipinski definition) is 4. The van der Waals surface area contributed by atoms with Crippen LogP contribution in [0, 0.1) is 0 Å². The van der Waals surface area contributed by atoms with Gasteiger partial charge >= 0.3 is 0 Å². The minimum atomic E-state index is 0.520. The average Bonchev–Trinajstić information content (AvgIpc) is 3.39. The molecule has 26 heavy (non-hydrogen) atoms. The number of fused-ring (bicyclic) bond motifs is 1. The number of methoxy groups -OCH3 is 1. The molecule has 0 bridgehead atoms. The van der Waals surface area contributed by atoms with Crippen LogP contribution in [0.25, 0.3) is 22.0 Å². The second kappa shape index (κ2) is 7.07. The first-order chi connectivity index (χ1) is 12.8. The summed E-state index contributed by atoms with van der Waals surface area (Å²) in [6.07, 6.45) is 2.40. The fourth-order valence-electron chi connectivity index (χ4n) is 2.99. The summed E-state index contributed by atoms with van der Waals surface area (Å²) in [5.74, 6) is 2.31. The van der Waals surface area contributed by atoms with Gasteiger partial charge in [0, 0.05) is 19.2 Å². The normalized spacial score (nSPS) is 14.5. The second-order valence-corrected chi connectivity index (χ2v) is 6.39. The molecule has 1 fully saturated rings. The van der Waals surface area contributed by atoms with E-state index in [1.807, 2.05) is 30.3 Å². The molecule has 0 aliphatic heterocycles. The molecule has 3 aromatic rings. The highest BCUT2D eigenvalue weighted by Crippen LogP contribution is 2.36. The SMILES string of the molecule is CN=C(NCc1cc(-c2c(OC)ccc3ccccc23)no1)NC1CC1. The van der Waals surface area contributed by atoms with E-state index in [1.54, 1.807) is 14.2 Å². The van der Waals surface area contributed by atoms with Crippen molar-refractivity contribution in [3.63, 3.8) is 0 Å². The lowest BCUT2D eigenvalue weighted by atomic mass is 10.0. The smallest absolute Gasteiger partial charge is 0.191 e. The maximum absolute atomic E-state index is 5.56. The molecule has 6 heteroatoms. The van der Waals surface area contributed by atoms with E-state index in [2.05, 4.69) is 32.9 Å². The number of benzene rings is 2. The maximum Gasteiger partial charge on any atom is 0.191 e. The van der Waals surface area contributed by atoms with Gasteiger partial charge in [-0.15, -0.1) is 0 Å². The Labute approximate surface area is 152 Å². The first-order valence-electron chi connectivity index (χ1n) is 8.77. The van der Waals surface area contributed by atoms with Gasteiger partial charge < -0.3 is 19.9 Å². The molecule has 134 valence electrons. The Morgan fingerprint density at radius 1 is 1.27 bits per heavy atom. The highest BCUT2D eigenvalue weighted by Gasteiger charge is 2.22. The summed E-state index contributed by atoms with van der Waals surface area (Å²) in [6, 6.07) is 14.7. The van der Waals surface area contributed by atoms with Crippen molar-refractivity contribution < 1.29 is 9.26 Å². The molecule has 1 aliphatic carbocycles. The summed E-state index contributed by atoms with van der Waals surface area (Å²) < 4.78 is 11.1. The van der Waals surface area contributed by atoms with Crippen LogP contribution in [0.1, 0.15) is 18.6 Å². The summed E-state index contributed by atoms with van der Waals surface area (Å²) in [5, 5.41) is 13.1. The monoisotopic (exact) mass is 350 g/mol. The Morgan fingerprint density at radius 2 is 2.12 bits per heavy atom. The Balaban J connectivity index is 1.58. The van der Waals surface area contributed by atoms with Crippen LogP contribution in [-0.4, -0.2) is 31.3 Å². The van der Waals surface area contributed by atoms with Crippen LogP contribution >= 0.6 is 0 Å². The van der Waals surface area contributed by atoms with Crippen molar-refractivity contribution in [2.24, 2.45) is 4.99 Å². The van der Waals surface area contributed by atoms with Crippen LogP contribution in [0.4, 0.5) is 0 Å². The molecule has 1 aliphatic rings. The first kappa shape index (κ1) is 16.4. The summed E-state index contributed by atoms with van der Waals surface area (Å²) in [6.45, 7) is 0.520. The number of guanidine groups is 1. The first-order valence-corrected chi connectivity index (χ1v) is 8.77. The fourth-order valence-corrected chi connectivity index (χ4v) is 2.99. The van der Waals surface area contributed by atoms with E-state index in [4.69, 9.17) is 9.26 Å². The summed E-state index contributed by atoms with van der Waals surface area (Å²) in [7, 11) is 3.44. The second-order valence-electron chi connectivity index (χ2n) is 6.39. The van der Waals surface area contributed by atoms with Crippen molar-refractivity contribution in [2.45, 2.75) is 25.4 Å². The molecular weight excluding hydrogens is 328 g/mol. The molecule has 0 saturated heterocycles. The third kappa shape index (κ3) is 3.35. The Bertz CT molecular complexity index is 944. The van der Waals surface area contributed by atoms with Crippen molar-refractivity contribution in [1.29, 1.82) is 0 Å². The van der Waals surface area contributed by atoms with Crippen LogP contribution in [0.3, 0.4) is 0 Å². The predicted octanol–water partition coefficient (Wildman–Crippen LogP) is 3.33. The summed E-state index contributed by atoms with van der Waals surface area (Å²) in [5.41, 5.74) is 1.71. The number of nitrogens with zero attached hydrogens (tertiary/aromatic N) is 2. The zero-order valence-corrected chi connectivity index (χ0v) is 15.0. The van der Waals surface area contributed by atoms with Gasteiger partial charge in [-0.1, -0.05) is 35.5 Å². The van der Waals surface area contributed by atoms with E-state index in [0.29, 0.717) is 12.6 Å². The summed E-state index contributed by atoms with van der Waals surface area (Å²) in [4.78, 5) is 4.23. The van der Waals surface area contributed by atoms with E-state index in [0.717, 1.165) is 39.5 Å². The third-order valence-electron chi connectivity index (χ3n) is 4.50. The quantitative estimate of drug-likeness (QED) is 0.545. The zero-order valence-electron chi connectivity index (χ0n) is 15.0. The van der Waals surface area contributed by atoms with E-state index >= 15 is 0 Å². The molecule has 0 atom stereocenters. The number of hydrogen-bond donors (Lipinski definition) is 2. The van der Waals surface area contributed by atoms with E-state index in [9.17, 15) is 0 Å². The van der Waals surface area contributed by atoms with Gasteiger partial charge in [-0.2, -0.15) is 0 Å². The largest absolute Gasteiger partial charge is 0.496 e. The Morgan fingerprint density at radius 3 is 2.88 bits per heavy atom. The van der Waals surface area contributed by atoms with Crippen LogP contribution < -0.4 is 15.4 Å². The molecule has 6 nitrogen and oxygen atoms in total. The maximum atomic E-state index is 5.56. The van der Waals surface area contributed by atoms with E-state index < -0.39 is 0 Å². The van der Waals surface area contributed by atoms with Gasteiger partial charge in [0.05, 0.1) is 19.2 Å². The number of aliphatic imine (C=N–C) groups is 1. The zero-order chi connectivity index (χ0) is 17.9. The Kier molecular flexibility index (Phi) is 4.48. The molecule has 2 N–H and O–H groups in total. The molecule has 0 unspecified atom stereocenters. The van der Waals surface area contributed by atoms with Gasteiger partial charge in [-0.05, 0) is 29.7 Å². The number of rotatable bonds is 5. The highest BCUT2D eigenvalue weighted by molar-refractivity contribution is 5.98. The van der Waals surface area contributed by atoms with Gasteiger partial charge in [0.2, 0.25) is 0 Å². The minimum absolute atomic E-state index is 0.520. The van der Waals surface area contributed by atoms with Crippen LogP contribution in [-0.2, 0) is 6.54 Å². The minimum Gasteiger partial charge on any atom is -0.496 e. The Hall–Kier alpha value is -3.02. The third-order valence-corrected chi connectivity index (χ3v) is 4.50. The van der Waals surface area contributed by atoms with Crippen molar-refractivity contribution in [2.75, 3.05) is 14.2 Å². The van der Waals surface area contributed by atoms with Gasteiger partial charge in [0.15, 0.2) is 11.7 Å². The van der Waals surface area contributed by atoms with E-state index in [-0.39, 0.29) is 0 Å². The standard InChI is InChI=1S/C20H22N4O2/c1-21-20(23-14-8-9-14)22-12-15-11-17(24-26-15)19-16-6-4-3-5-13(16)7-10-18(19)25-2/h3-7,10-11,14H,8-9,12H2,1-2H3,(H2,21,22,23). The van der Waals surface area contributed by atoms with Crippen LogP contribution in [0.15, 0.2) is 52.0 Å². The molecule has 2 aromatic carbocycles. The molecule has 0 radical (unpaired) electrons. The van der Waals surface area contributed by atoms with Gasteiger partial charge in [0.1, 0.15) is 11.4 Å². The fraction of sp³-hybridized carbons (Fsp3) is 0.300. The number of nitrogens with one attached hydrogen (secondary N) is 2. The lowest BCUT2D eigenvalue weighted by Crippen LogP contribution is -2.37. The van der Waals surface area contributed by atoms with Gasteiger partial charge in [0.25, 0.3) is 0 Å². The molecule has 1 aromatic heterocycles. The lowest BCUT2D eigenvalue weighted by Gasteiger charge is -2.09.